The Balaban J connectivity index is 2.05. The van der Waals surface area contributed by atoms with Gasteiger partial charge < -0.3 is 9.84 Å². The van der Waals surface area contributed by atoms with Gasteiger partial charge in [0.15, 0.2) is 0 Å². The maximum absolute atomic E-state index is 13.2. The van der Waals surface area contributed by atoms with Gasteiger partial charge in [-0.05, 0) is 55.3 Å². The fraction of sp³-hybridized carbons (Fsp3) is 0.217. The number of rotatable bonds is 7. The summed E-state index contributed by atoms with van der Waals surface area (Å²) in [5, 5.41) is 9.54. The van der Waals surface area contributed by atoms with E-state index in [4.69, 9.17) is 4.74 Å². The first-order chi connectivity index (χ1) is 13.5. The van der Waals surface area contributed by atoms with Crippen molar-refractivity contribution in [3.63, 3.8) is 0 Å². The number of benzene rings is 2. The molecule has 2 aromatic carbocycles. The van der Waals surface area contributed by atoms with Crippen molar-refractivity contribution in [2.45, 2.75) is 26.7 Å². The highest BCUT2D eigenvalue weighted by atomic mass is 19.1. The molecule has 0 unspecified atom stereocenters. The third-order valence-corrected chi connectivity index (χ3v) is 4.36. The number of carbonyl (C=O) groups is 1. The summed E-state index contributed by atoms with van der Waals surface area (Å²) in [5.41, 5.74) is 3.89. The predicted octanol–water partition coefficient (Wildman–Crippen LogP) is 5.27. The van der Waals surface area contributed by atoms with Gasteiger partial charge in [0.25, 0.3) is 0 Å². The number of carboxylic acid groups (broad SMARTS) is 1. The fourth-order valence-electron chi connectivity index (χ4n) is 2.96. The molecule has 0 amide bonds. The van der Waals surface area contributed by atoms with Crippen molar-refractivity contribution in [1.82, 2.24) is 4.98 Å². The number of hydrogen-bond donors (Lipinski definition) is 1. The van der Waals surface area contributed by atoms with E-state index in [1.165, 1.54) is 12.1 Å². The van der Waals surface area contributed by atoms with E-state index in [1.54, 1.807) is 24.3 Å². The lowest BCUT2D eigenvalue weighted by molar-refractivity contribution is 0.0695. The zero-order valence-electron chi connectivity index (χ0n) is 15.9. The van der Waals surface area contributed by atoms with E-state index in [9.17, 15) is 14.3 Å². The summed E-state index contributed by atoms with van der Waals surface area (Å²) in [6.45, 7) is 4.61. The molecule has 0 spiro atoms. The smallest absolute Gasteiger partial charge is 0.337 e. The molecule has 0 bridgehead atoms. The molecular formula is C23H22FNO3. The van der Waals surface area contributed by atoms with Crippen LogP contribution in [0.25, 0.3) is 11.3 Å². The number of pyridine rings is 1. The molecule has 0 atom stereocenters. The van der Waals surface area contributed by atoms with Crippen LogP contribution in [0, 0.1) is 12.7 Å². The van der Waals surface area contributed by atoms with Crippen LogP contribution < -0.4 is 4.74 Å². The molecule has 0 saturated carbocycles. The van der Waals surface area contributed by atoms with Crippen molar-refractivity contribution in [2.75, 3.05) is 6.61 Å². The van der Waals surface area contributed by atoms with Gasteiger partial charge in [-0.2, -0.15) is 0 Å². The second kappa shape index (κ2) is 8.65. The minimum atomic E-state index is -1.04. The topological polar surface area (TPSA) is 59.4 Å². The normalized spacial score (nSPS) is 10.7. The first-order valence-electron chi connectivity index (χ1n) is 9.19. The second-order valence-corrected chi connectivity index (χ2v) is 6.65. The predicted molar refractivity (Wildman–Crippen MR) is 106 cm³/mol. The molecular weight excluding hydrogens is 357 g/mol. The lowest BCUT2D eigenvalue weighted by Crippen LogP contribution is -2.07. The van der Waals surface area contributed by atoms with Gasteiger partial charge in [0.2, 0.25) is 0 Å². The molecule has 28 heavy (non-hydrogen) atoms. The van der Waals surface area contributed by atoms with Gasteiger partial charge in [-0.15, -0.1) is 0 Å². The molecule has 0 radical (unpaired) electrons. The minimum Gasteiger partial charge on any atom is -0.493 e. The summed E-state index contributed by atoms with van der Waals surface area (Å²) in [4.78, 5) is 16.3. The summed E-state index contributed by atoms with van der Waals surface area (Å²) in [7, 11) is 0. The van der Waals surface area contributed by atoms with Crippen molar-refractivity contribution >= 4 is 5.97 Å². The third-order valence-electron chi connectivity index (χ3n) is 4.36. The van der Waals surface area contributed by atoms with Gasteiger partial charge in [0.05, 0.1) is 23.6 Å². The van der Waals surface area contributed by atoms with Crippen LogP contribution in [0.5, 0.6) is 5.75 Å². The molecule has 0 aliphatic carbocycles. The van der Waals surface area contributed by atoms with Crippen LogP contribution in [-0.4, -0.2) is 22.7 Å². The van der Waals surface area contributed by atoms with Crippen molar-refractivity contribution in [1.29, 1.82) is 0 Å². The van der Waals surface area contributed by atoms with Gasteiger partial charge in [-0.3, -0.25) is 4.98 Å². The highest BCUT2D eigenvalue weighted by Crippen LogP contribution is 2.31. The number of ether oxygens (including phenoxy) is 1. The second-order valence-electron chi connectivity index (χ2n) is 6.65. The van der Waals surface area contributed by atoms with Gasteiger partial charge in [-0.1, -0.05) is 30.7 Å². The van der Waals surface area contributed by atoms with E-state index in [0.717, 1.165) is 28.9 Å². The Bertz CT molecular complexity index is 984. The summed E-state index contributed by atoms with van der Waals surface area (Å²) >= 11 is 0. The maximum atomic E-state index is 13.2. The van der Waals surface area contributed by atoms with Gasteiger partial charge in [-0.25, -0.2) is 9.18 Å². The number of aryl methyl sites for hydroxylation is 1. The highest BCUT2D eigenvalue weighted by molar-refractivity contribution is 5.89. The van der Waals surface area contributed by atoms with E-state index in [1.807, 2.05) is 32.0 Å². The van der Waals surface area contributed by atoms with Crippen LogP contribution in [-0.2, 0) is 6.42 Å². The van der Waals surface area contributed by atoms with Crippen molar-refractivity contribution < 1.29 is 19.0 Å². The number of aromatic carboxylic acids is 1. The van der Waals surface area contributed by atoms with Crippen LogP contribution in [0.2, 0.25) is 0 Å². The van der Waals surface area contributed by atoms with Gasteiger partial charge in [0, 0.05) is 12.0 Å². The van der Waals surface area contributed by atoms with E-state index >= 15 is 0 Å². The van der Waals surface area contributed by atoms with Crippen molar-refractivity contribution in [3.05, 3.63) is 82.8 Å². The quantitative estimate of drug-likeness (QED) is 0.607. The molecule has 0 fully saturated rings. The van der Waals surface area contributed by atoms with Crippen molar-refractivity contribution in [2.24, 2.45) is 0 Å². The lowest BCUT2D eigenvalue weighted by atomic mass is 10.0. The molecule has 1 heterocycles. The van der Waals surface area contributed by atoms with Crippen LogP contribution in [0.3, 0.4) is 0 Å². The van der Waals surface area contributed by atoms with E-state index in [0.29, 0.717) is 24.4 Å². The average molecular weight is 379 g/mol. The van der Waals surface area contributed by atoms with Crippen molar-refractivity contribution in [3.8, 4) is 17.0 Å². The molecule has 1 N–H and O–H groups in total. The molecule has 0 aliphatic rings. The Morgan fingerprint density at radius 3 is 2.54 bits per heavy atom. The highest BCUT2D eigenvalue weighted by Gasteiger charge is 2.16. The maximum Gasteiger partial charge on any atom is 0.337 e. The molecule has 3 aromatic rings. The zero-order valence-corrected chi connectivity index (χ0v) is 15.9. The van der Waals surface area contributed by atoms with E-state index in [-0.39, 0.29) is 11.4 Å². The Kier molecular flexibility index (Phi) is 6.04. The van der Waals surface area contributed by atoms with Crippen LogP contribution in [0.15, 0.2) is 54.6 Å². The SMILES string of the molecule is CCCOc1ccc(C)cc1-c1ccc(C(=O)O)c(Cc2ccc(F)cc2)n1. The number of hydrogen-bond acceptors (Lipinski definition) is 3. The number of halogens is 1. The summed E-state index contributed by atoms with van der Waals surface area (Å²) in [6, 6.07) is 15.1. The number of nitrogens with zero attached hydrogens (tertiary/aromatic N) is 1. The summed E-state index contributed by atoms with van der Waals surface area (Å²) in [5.74, 6) is -0.653. The van der Waals surface area contributed by atoms with Crippen LogP contribution in [0.1, 0.15) is 40.5 Å². The van der Waals surface area contributed by atoms with E-state index in [2.05, 4.69) is 4.98 Å². The molecule has 1 aromatic heterocycles. The molecule has 5 heteroatoms. The van der Waals surface area contributed by atoms with E-state index < -0.39 is 5.97 Å². The Morgan fingerprint density at radius 2 is 1.86 bits per heavy atom. The van der Waals surface area contributed by atoms with Crippen LogP contribution in [0.4, 0.5) is 4.39 Å². The standard InChI is InChI=1S/C23H22FNO3/c1-3-12-28-22-11-4-15(2)13-19(22)20-10-9-18(23(26)27)21(25-20)14-16-5-7-17(24)8-6-16/h4-11,13H,3,12,14H2,1-2H3,(H,26,27). The largest absolute Gasteiger partial charge is 0.493 e. The Labute approximate surface area is 163 Å². The Morgan fingerprint density at radius 1 is 1.11 bits per heavy atom. The molecule has 4 nitrogen and oxygen atoms in total. The number of carboxylic acids is 1. The monoisotopic (exact) mass is 379 g/mol. The molecule has 0 aliphatic heterocycles. The third kappa shape index (κ3) is 4.55. The first-order valence-corrected chi connectivity index (χ1v) is 9.19. The summed E-state index contributed by atoms with van der Waals surface area (Å²) < 4.78 is 19.0. The fourth-order valence-corrected chi connectivity index (χ4v) is 2.96. The zero-order chi connectivity index (χ0) is 20.1. The molecule has 0 saturated heterocycles. The molecule has 144 valence electrons. The minimum absolute atomic E-state index is 0.136. The Hall–Kier alpha value is -3.21. The van der Waals surface area contributed by atoms with Crippen LogP contribution >= 0.6 is 0 Å². The summed E-state index contributed by atoms with van der Waals surface area (Å²) in [6.07, 6.45) is 1.18. The average Bonchev–Trinajstić information content (AvgIpc) is 2.68. The molecule has 3 rings (SSSR count). The van der Waals surface area contributed by atoms with Gasteiger partial charge in [0.1, 0.15) is 11.6 Å². The lowest BCUT2D eigenvalue weighted by Gasteiger charge is -2.14. The number of aromatic nitrogens is 1. The van der Waals surface area contributed by atoms with Gasteiger partial charge >= 0.3 is 5.97 Å². The first kappa shape index (κ1) is 19.5.